The van der Waals surface area contributed by atoms with Crippen LogP contribution >= 0.6 is 0 Å². The fourth-order valence-corrected chi connectivity index (χ4v) is 7.66. The van der Waals surface area contributed by atoms with Gasteiger partial charge in [0.1, 0.15) is 116 Å². The fourth-order valence-electron chi connectivity index (χ4n) is 7.66. The van der Waals surface area contributed by atoms with Gasteiger partial charge >= 0.3 is 0 Å². The number of ether oxygens (including phenoxy) is 9. The normalized spacial score (nSPS) is 49.6. The molecule has 27 nitrogen and oxygen atoms in total. The minimum absolute atomic E-state index is 0.751. The van der Waals surface area contributed by atoms with Gasteiger partial charge in [0.2, 0.25) is 11.8 Å². The van der Waals surface area contributed by atoms with Crippen LogP contribution in [0.25, 0.3) is 0 Å². The summed E-state index contributed by atoms with van der Waals surface area (Å²) in [4.78, 5) is 24.7. The first-order chi connectivity index (χ1) is 28.7. The Labute approximate surface area is 346 Å². The third kappa shape index (κ3) is 10.9. The summed E-state index contributed by atoms with van der Waals surface area (Å²) in [5, 5.41) is 152. The van der Waals surface area contributed by atoms with Crippen molar-refractivity contribution in [2.75, 3.05) is 26.4 Å². The summed E-state index contributed by atoms with van der Waals surface area (Å²) in [7, 11) is 0. The first-order valence-corrected chi connectivity index (χ1v) is 19.4. The van der Waals surface area contributed by atoms with Gasteiger partial charge in [0.05, 0.1) is 32.5 Å². The Kier molecular flexibility index (Phi) is 17.5. The van der Waals surface area contributed by atoms with Crippen molar-refractivity contribution >= 4 is 11.8 Å². The highest BCUT2D eigenvalue weighted by atomic mass is 16.8. The zero-order valence-corrected chi connectivity index (χ0v) is 33.0. The van der Waals surface area contributed by atoms with Crippen molar-refractivity contribution in [3.63, 3.8) is 0 Å². The van der Waals surface area contributed by atoms with Crippen LogP contribution in [0.15, 0.2) is 0 Å². The Morgan fingerprint density at radius 3 is 1.49 bits per heavy atom. The Morgan fingerprint density at radius 2 is 0.918 bits per heavy atom. The number of hydrogen-bond acceptors (Lipinski definition) is 25. The van der Waals surface area contributed by atoms with Crippen molar-refractivity contribution in [3.8, 4) is 0 Å². The molecule has 0 saturated carbocycles. The van der Waals surface area contributed by atoms with Gasteiger partial charge in [0, 0.05) is 13.8 Å². The molecule has 25 atom stereocenters. The summed E-state index contributed by atoms with van der Waals surface area (Å²) in [6.45, 7) is -0.0457. The van der Waals surface area contributed by atoms with E-state index in [4.69, 9.17) is 42.6 Å². The van der Waals surface area contributed by atoms with Crippen molar-refractivity contribution in [3.05, 3.63) is 0 Å². The molecule has 0 bridgehead atoms. The van der Waals surface area contributed by atoms with E-state index in [-0.39, 0.29) is 0 Å². The van der Waals surface area contributed by atoms with E-state index < -0.39 is 192 Å². The average Bonchev–Trinajstić information content (AvgIpc) is 3.21. The molecule has 27 heteroatoms. The molecule has 0 aromatic heterocycles. The van der Waals surface area contributed by atoms with Crippen molar-refractivity contribution in [1.29, 1.82) is 0 Å². The van der Waals surface area contributed by atoms with Crippen LogP contribution in [0, 0.1) is 0 Å². The Morgan fingerprint density at radius 1 is 0.459 bits per heavy atom. The predicted molar refractivity (Wildman–Crippen MR) is 188 cm³/mol. The second-order valence-electron chi connectivity index (χ2n) is 15.4. The van der Waals surface area contributed by atoms with E-state index in [2.05, 4.69) is 10.6 Å². The lowest BCUT2D eigenvalue weighted by Gasteiger charge is -2.50. The molecule has 354 valence electrons. The van der Waals surface area contributed by atoms with Crippen molar-refractivity contribution in [1.82, 2.24) is 10.6 Å². The number of carbonyl (C=O) groups excluding carboxylic acids is 2. The molecule has 61 heavy (non-hydrogen) atoms. The number of rotatable bonds is 14. The maximum absolute atomic E-state index is 12.6. The topological polar surface area (TPSA) is 424 Å². The summed E-state index contributed by atoms with van der Waals surface area (Å²) in [6.07, 6.45) is -40.6. The van der Waals surface area contributed by atoms with E-state index in [1.807, 2.05) is 0 Å². The van der Waals surface area contributed by atoms with Gasteiger partial charge in [-0.25, -0.2) is 0 Å². The van der Waals surface area contributed by atoms with Gasteiger partial charge < -0.3 is 125 Å². The van der Waals surface area contributed by atoms with E-state index in [0.717, 1.165) is 13.8 Å². The highest BCUT2D eigenvalue weighted by Crippen LogP contribution is 2.34. The van der Waals surface area contributed by atoms with Gasteiger partial charge in [-0.3, -0.25) is 9.59 Å². The Hall–Kier alpha value is -1.98. The molecular weight excluding hydrogens is 836 g/mol. The second-order valence-corrected chi connectivity index (χ2v) is 15.4. The van der Waals surface area contributed by atoms with Crippen LogP contribution in [0.3, 0.4) is 0 Å². The number of carbonyl (C=O) groups is 2. The summed E-state index contributed by atoms with van der Waals surface area (Å²) < 4.78 is 51.6. The number of hydrogen-bond donors (Lipinski definition) is 16. The van der Waals surface area contributed by atoms with E-state index in [0.29, 0.717) is 0 Å². The molecule has 5 rings (SSSR count). The van der Waals surface area contributed by atoms with Crippen LogP contribution in [0.4, 0.5) is 0 Å². The summed E-state index contributed by atoms with van der Waals surface area (Å²) in [5.41, 5.74) is 0. The maximum Gasteiger partial charge on any atom is 0.217 e. The lowest BCUT2D eigenvalue weighted by molar-refractivity contribution is -0.374. The second kappa shape index (κ2) is 21.3. The Bertz CT molecular complexity index is 1420. The lowest BCUT2D eigenvalue weighted by Crippen LogP contribution is -2.70. The molecule has 5 heterocycles. The predicted octanol–water partition coefficient (Wildman–Crippen LogP) is -10.6. The minimum atomic E-state index is -2.00. The van der Waals surface area contributed by atoms with E-state index in [1.54, 1.807) is 0 Å². The monoisotopic (exact) mass is 894 g/mol. The Balaban J connectivity index is 1.44. The average molecular weight is 895 g/mol. The van der Waals surface area contributed by atoms with Gasteiger partial charge in [-0.2, -0.15) is 0 Å². The van der Waals surface area contributed by atoms with Crippen LogP contribution in [0.1, 0.15) is 20.8 Å². The number of nitrogens with one attached hydrogen (secondary N) is 2. The first-order valence-electron chi connectivity index (χ1n) is 19.4. The van der Waals surface area contributed by atoms with Crippen LogP contribution < -0.4 is 10.6 Å². The quantitative estimate of drug-likeness (QED) is 0.0770. The molecule has 0 radical (unpaired) electrons. The third-order valence-electron chi connectivity index (χ3n) is 11.1. The van der Waals surface area contributed by atoms with Crippen LogP contribution in [0.2, 0.25) is 0 Å². The van der Waals surface area contributed by atoms with Gasteiger partial charge in [0.15, 0.2) is 31.5 Å². The van der Waals surface area contributed by atoms with Crippen LogP contribution in [0.5, 0.6) is 0 Å². The number of aliphatic hydroxyl groups excluding tert-OH is 14. The highest BCUT2D eigenvalue weighted by Gasteiger charge is 2.56. The van der Waals surface area contributed by atoms with Crippen LogP contribution in [-0.4, -0.2) is 263 Å². The van der Waals surface area contributed by atoms with Crippen molar-refractivity contribution in [2.24, 2.45) is 0 Å². The van der Waals surface area contributed by atoms with Crippen LogP contribution in [-0.2, 0) is 52.2 Å². The molecule has 5 aliphatic heterocycles. The molecule has 0 spiro atoms. The molecule has 5 saturated heterocycles. The molecule has 5 aliphatic rings. The minimum Gasteiger partial charge on any atom is -0.394 e. The molecule has 0 aliphatic carbocycles. The van der Waals surface area contributed by atoms with Crippen molar-refractivity contribution < 1.29 is 124 Å². The van der Waals surface area contributed by atoms with Gasteiger partial charge in [-0.05, 0) is 6.92 Å². The largest absolute Gasteiger partial charge is 0.394 e. The summed E-state index contributed by atoms with van der Waals surface area (Å²) in [6, 6.07) is -3.30. The van der Waals surface area contributed by atoms with E-state index in [9.17, 15) is 81.1 Å². The molecule has 2 amide bonds. The maximum atomic E-state index is 12.6. The first kappa shape index (κ1) is 50.0. The van der Waals surface area contributed by atoms with E-state index >= 15 is 0 Å². The molecule has 5 fully saturated rings. The third-order valence-corrected chi connectivity index (χ3v) is 11.1. The summed E-state index contributed by atoms with van der Waals surface area (Å²) in [5.74, 6) is -1.55. The van der Waals surface area contributed by atoms with Gasteiger partial charge in [-0.15, -0.1) is 0 Å². The fraction of sp³-hybridized carbons (Fsp3) is 0.941. The number of amides is 2. The smallest absolute Gasteiger partial charge is 0.217 e. The molecule has 0 unspecified atom stereocenters. The van der Waals surface area contributed by atoms with E-state index in [1.165, 1.54) is 6.92 Å². The standard InChI is InChI=1S/C34H58N2O25/c1-8-17(42)22(47)25(50)32(54-8)61-29-24(49)19(44)12(5-38)58-34(29)53-7-14-27(21(46)15(30(52)55-14)35-9(2)40)59-31-16(36-10(3)41)28(20(45)13(6-39)56-31)60-33-26(51)23(48)18(43)11(4-37)57-33/h8,11-34,37-39,42-52H,4-7H2,1-3H3,(H,35,40)(H,36,41)/t8-,11+,12+,13+,14+,15+,16+,17+,18-,19-,20+,21+,22+,23-,24-,25-,26+,27-,28+,29+,30-,31-,32-,33-,34+/m0/s1. The number of aliphatic hydroxyl groups is 14. The highest BCUT2D eigenvalue weighted by molar-refractivity contribution is 5.73. The molecule has 16 N–H and O–H groups in total. The molecule has 0 aromatic carbocycles. The molecular formula is C34H58N2O25. The zero-order valence-electron chi connectivity index (χ0n) is 33.0. The van der Waals surface area contributed by atoms with Crippen molar-refractivity contribution in [2.45, 2.75) is 174 Å². The summed E-state index contributed by atoms with van der Waals surface area (Å²) >= 11 is 0. The lowest BCUT2D eigenvalue weighted by atomic mass is 9.94. The van der Waals surface area contributed by atoms with Gasteiger partial charge in [0.25, 0.3) is 0 Å². The molecule has 0 aromatic rings. The SMILES string of the molecule is CC(=O)N[C@@H]1[C@@H](O)[C@@H](O[C@@H]2O[C@H](CO)[C@@H](O)[C@H](O[C@@H]3O[C@H](CO)[C@H](O)[C@H](O)[C@H]3O)[C@H]2NC(C)=O)[C@@H](CO[C@@H]2O[C@H](CO)[C@H](O)[C@H](O)[C@H]2O[C@@H]2O[C@@H](C)[C@@H](O)[C@@H](O)[C@@H]2O)O[C@@H]1O. The zero-order chi connectivity index (χ0) is 45.2. The van der Waals surface area contributed by atoms with Gasteiger partial charge in [-0.1, -0.05) is 0 Å².